The number of hydrogen-bond acceptors (Lipinski definition) is 4. The fourth-order valence-corrected chi connectivity index (χ4v) is 4.73. The van der Waals surface area contributed by atoms with E-state index in [9.17, 15) is 4.21 Å². The summed E-state index contributed by atoms with van der Waals surface area (Å²) >= 11 is 3.42. The molecule has 1 fully saturated rings. The third kappa shape index (κ3) is 5.47. The summed E-state index contributed by atoms with van der Waals surface area (Å²) in [4.78, 5) is 0.775. The Balaban J connectivity index is 1.59. The van der Waals surface area contributed by atoms with Gasteiger partial charge in [0.1, 0.15) is 12.2 Å². The molecule has 0 radical (unpaired) electrons. The van der Waals surface area contributed by atoms with Crippen LogP contribution in [-0.4, -0.2) is 34.6 Å². The molecule has 3 rings (SSSR count). The molecule has 1 saturated heterocycles. The Hall–Kier alpha value is -1.05. The van der Waals surface area contributed by atoms with Crippen LogP contribution < -0.4 is 0 Å². The van der Waals surface area contributed by atoms with Crippen molar-refractivity contribution in [2.24, 2.45) is 0 Å². The molecule has 2 aromatic carbocycles. The Morgan fingerprint density at radius 1 is 1.08 bits per heavy atom. The summed E-state index contributed by atoms with van der Waals surface area (Å²) in [6.07, 6.45) is -0.523. The van der Waals surface area contributed by atoms with Gasteiger partial charge in [-0.2, -0.15) is 0 Å². The third-order valence-corrected chi connectivity index (χ3v) is 5.96. The Bertz CT molecular complexity index is 750. The Morgan fingerprint density at radius 2 is 1.81 bits per heavy atom. The lowest BCUT2D eigenvalue weighted by molar-refractivity contribution is -0.150. The molecule has 140 valence electrons. The van der Waals surface area contributed by atoms with Crippen LogP contribution in [0.4, 0.5) is 0 Å². The molecule has 4 nitrogen and oxygen atoms in total. The Labute approximate surface area is 165 Å². The van der Waals surface area contributed by atoms with Gasteiger partial charge in [-0.3, -0.25) is 4.21 Å². The van der Waals surface area contributed by atoms with Crippen LogP contribution >= 0.6 is 15.9 Å². The van der Waals surface area contributed by atoms with Crippen molar-refractivity contribution in [3.8, 4) is 0 Å². The van der Waals surface area contributed by atoms with E-state index in [1.54, 1.807) is 0 Å². The van der Waals surface area contributed by atoms with Gasteiger partial charge in [-0.25, -0.2) is 0 Å². The van der Waals surface area contributed by atoms with Crippen molar-refractivity contribution in [3.63, 3.8) is 0 Å². The van der Waals surface area contributed by atoms with Gasteiger partial charge in [-0.15, -0.1) is 0 Å². The minimum absolute atomic E-state index is 0.246. The van der Waals surface area contributed by atoms with Crippen LogP contribution in [0.25, 0.3) is 0 Å². The van der Waals surface area contributed by atoms with Gasteiger partial charge in [-0.1, -0.05) is 52.3 Å². The van der Waals surface area contributed by atoms with Crippen LogP contribution in [0.1, 0.15) is 19.4 Å². The van der Waals surface area contributed by atoms with Gasteiger partial charge in [0, 0.05) is 9.37 Å². The Morgan fingerprint density at radius 3 is 2.54 bits per heavy atom. The summed E-state index contributed by atoms with van der Waals surface area (Å²) in [7, 11) is -1.17. The van der Waals surface area contributed by atoms with Crippen LogP contribution in [0.2, 0.25) is 0 Å². The lowest BCUT2D eigenvalue weighted by Crippen LogP contribution is -2.32. The fourth-order valence-electron chi connectivity index (χ4n) is 2.91. The van der Waals surface area contributed by atoms with E-state index in [4.69, 9.17) is 14.2 Å². The minimum atomic E-state index is -1.17. The molecule has 26 heavy (non-hydrogen) atoms. The van der Waals surface area contributed by atoms with Gasteiger partial charge >= 0.3 is 0 Å². The molecule has 0 bridgehead atoms. The fraction of sp³-hybridized carbons (Fsp3) is 0.400. The maximum absolute atomic E-state index is 12.7. The highest BCUT2D eigenvalue weighted by Crippen LogP contribution is 2.30. The van der Waals surface area contributed by atoms with E-state index in [1.165, 1.54) is 0 Å². The number of benzene rings is 2. The van der Waals surface area contributed by atoms with Crippen molar-refractivity contribution in [1.29, 1.82) is 0 Å². The summed E-state index contributed by atoms with van der Waals surface area (Å²) in [6.45, 7) is 4.67. The zero-order valence-corrected chi connectivity index (χ0v) is 17.3. The van der Waals surface area contributed by atoms with Gasteiger partial charge < -0.3 is 14.2 Å². The average Bonchev–Trinajstić information content (AvgIpc) is 2.89. The lowest BCUT2D eigenvalue weighted by Gasteiger charge is -2.17. The summed E-state index contributed by atoms with van der Waals surface area (Å²) in [5.74, 6) is -0.327. The van der Waals surface area contributed by atoms with Gasteiger partial charge in [0.05, 0.1) is 29.8 Å². The second-order valence-corrected chi connectivity index (χ2v) is 9.09. The normalized spacial score (nSPS) is 23.0. The van der Waals surface area contributed by atoms with E-state index < -0.39 is 16.6 Å². The van der Waals surface area contributed by atoms with Crippen molar-refractivity contribution < 1.29 is 18.4 Å². The standard InChI is InChI=1S/C20H23BrO4S/c1-20(2)24-18(13-23-12-15-7-4-3-5-8-15)19(25-20)14-26(22)17-10-6-9-16(21)11-17/h3-11,18-19H,12-14H2,1-2H3/t18-,19-,26?/m0/s1. The first-order chi connectivity index (χ1) is 12.4. The zero-order chi connectivity index (χ0) is 18.6. The molecule has 0 saturated carbocycles. The summed E-state index contributed by atoms with van der Waals surface area (Å²) in [5, 5.41) is 0. The van der Waals surface area contributed by atoms with Crippen LogP contribution in [0.15, 0.2) is 64.0 Å². The van der Waals surface area contributed by atoms with Crippen molar-refractivity contribution in [2.45, 2.75) is 43.3 Å². The molecule has 1 aliphatic rings. The average molecular weight is 439 g/mol. The number of rotatable bonds is 7. The van der Waals surface area contributed by atoms with E-state index in [0.29, 0.717) is 19.0 Å². The number of halogens is 1. The Kier molecular flexibility index (Phi) is 6.64. The molecule has 1 unspecified atom stereocenters. The first-order valence-electron chi connectivity index (χ1n) is 8.54. The number of ether oxygens (including phenoxy) is 3. The van der Waals surface area contributed by atoms with E-state index in [-0.39, 0.29) is 12.2 Å². The number of hydrogen-bond donors (Lipinski definition) is 0. The maximum atomic E-state index is 12.7. The van der Waals surface area contributed by atoms with Gasteiger partial charge in [0.25, 0.3) is 0 Å². The molecular weight excluding hydrogens is 416 g/mol. The third-order valence-electron chi connectivity index (χ3n) is 4.05. The molecule has 6 heteroatoms. The summed E-state index contributed by atoms with van der Waals surface area (Å²) in [5.41, 5.74) is 1.11. The van der Waals surface area contributed by atoms with Crippen LogP contribution in [-0.2, 0) is 31.6 Å². The van der Waals surface area contributed by atoms with Gasteiger partial charge in [0.15, 0.2) is 5.79 Å². The molecular formula is C20H23BrO4S. The van der Waals surface area contributed by atoms with Gasteiger partial charge in [0.2, 0.25) is 0 Å². The highest BCUT2D eigenvalue weighted by molar-refractivity contribution is 9.10. The largest absolute Gasteiger partial charge is 0.374 e. The van der Waals surface area contributed by atoms with Crippen LogP contribution in [0, 0.1) is 0 Å². The highest BCUT2D eigenvalue weighted by atomic mass is 79.9. The molecule has 3 atom stereocenters. The molecule has 1 heterocycles. The predicted octanol–water partition coefficient (Wildman–Crippen LogP) is 4.29. The molecule has 0 amide bonds. The second-order valence-electron chi connectivity index (χ2n) is 6.68. The second kappa shape index (κ2) is 8.76. The summed E-state index contributed by atoms with van der Waals surface area (Å²) < 4.78 is 31.4. The first kappa shape index (κ1) is 19.7. The van der Waals surface area contributed by atoms with E-state index in [2.05, 4.69) is 15.9 Å². The zero-order valence-electron chi connectivity index (χ0n) is 14.9. The van der Waals surface area contributed by atoms with E-state index in [0.717, 1.165) is 14.9 Å². The van der Waals surface area contributed by atoms with Crippen molar-refractivity contribution in [3.05, 3.63) is 64.6 Å². The summed E-state index contributed by atoms with van der Waals surface area (Å²) in [6, 6.07) is 17.5. The SMILES string of the molecule is CC1(C)O[C@@H](COCc2ccccc2)[C@H](CS(=O)c2cccc(Br)c2)O1. The van der Waals surface area contributed by atoms with E-state index >= 15 is 0 Å². The molecule has 2 aromatic rings. The minimum Gasteiger partial charge on any atom is -0.374 e. The molecule has 1 aliphatic heterocycles. The maximum Gasteiger partial charge on any atom is 0.163 e. The quantitative estimate of drug-likeness (QED) is 0.646. The topological polar surface area (TPSA) is 44.8 Å². The van der Waals surface area contributed by atoms with E-state index in [1.807, 2.05) is 68.4 Å². The highest BCUT2D eigenvalue weighted by Gasteiger charge is 2.42. The van der Waals surface area contributed by atoms with Crippen molar-refractivity contribution in [1.82, 2.24) is 0 Å². The lowest BCUT2D eigenvalue weighted by atomic mass is 10.2. The smallest absolute Gasteiger partial charge is 0.163 e. The van der Waals surface area contributed by atoms with Crippen LogP contribution in [0.5, 0.6) is 0 Å². The van der Waals surface area contributed by atoms with Crippen LogP contribution in [0.3, 0.4) is 0 Å². The predicted molar refractivity (Wildman–Crippen MR) is 105 cm³/mol. The first-order valence-corrected chi connectivity index (χ1v) is 10.7. The molecule has 0 N–H and O–H groups in total. The molecule has 0 spiro atoms. The molecule has 0 aliphatic carbocycles. The van der Waals surface area contributed by atoms with Crippen molar-refractivity contribution in [2.75, 3.05) is 12.4 Å². The van der Waals surface area contributed by atoms with Gasteiger partial charge in [-0.05, 0) is 37.6 Å². The molecule has 0 aromatic heterocycles. The van der Waals surface area contributed by atoms with Crippen molar-refractivity contribution >= 4 is 26.7 Å². The monoisotopic (exact) mass is 438 g/mol.